The van der Waals surface area contributed by atoms with Crippen molar-refractivity contribution in [3.05, 3.63) is 23.8 Å². The molecule has 0 fully saturated rings. The minimum absolute atomic E-state index is 0.101. The fraction of sp³-hybridized carbons (Fsp3) is 0.357. The smallest absolute Gasteiger partial charge is 0.411 e. The van der Waals surface area contributed by atoms with Gasteiger partial charge in [0.1, 0.15) is 5.52 Å². The highest BCUT2D eigenvalue weighted by Gasteiger charge is 2.18. The maximum atomic E-state index is 12.5. The summed E-state index contributed by atoms with van der Waals surface area (Å²) in [5.41, 5.74) is 1.52. The molecule has 2 rings (SSSR count). The Morgan fingerprint density at radius 2 is 2.14 bits per heavy atom. The number of anilines is 1. The van der Waals surface area contributed by atoms with Gasteiger partial charge in [-0.1, -0.05) is 19.9 Å². The summed E-state index contributed by atoms with van der Waals surface area (Å²) in [5, 5.41) is 10.9. The number of H-pyrrole nitrogens is 1. The van der Waals surface area contributed by atoms with E-state index in [4.69, 9.17) is 5.11 Å². The number of rotatable bonds is 4. The molecule has 0 unspecified atom stereocenters. The van der Waals surface area contributed by atoms with Crippen molar-refractivity contribution >= 4 is 29.0 Å². The summed E-state index contributed by atoms with van der Waals surface area (Å²) in [6.45, 7) is 4.71. The molecular formula is C14H18N4O3. The van der Waals surface area contributed by atoms with E-state index < -0.39 is 6.09 Å². The predicted octanol–water partition coefficient (Wildman–Crippen LogP) is 2.38. The van der Waals surface area contributed by atoms with E-state index in [1.54, 1.807) is 30.1 Å². The number of amides is 2. The highest BCUT2D eigenvalue weighted by molar-refractivity contribution is 6.05. The largest absolute Gasteiger partial charge is 0.465 e. The van der Waals surface area contributed by atoms with Gasteiger partial charge in [-0.15, -0.1) is 0 Å². The summed E-state index contributed by atoms with van der Waals surface area (Å²) < 4.78 is 0. The third-order valence-electron chi connectivity index (χ3n) is 2.95. The van der Waals surface area contributed by atoms with Gasteiger partial charge in [-0.3, -0.25) is 10.1 Å². The number of carbonyl (C=O) groups excluding carboxylic acids is 1. The number of aromatic amines is 1. The zero-order valence-electron chi connectivity index (χ0n) is 12.2. The Morgan fingerprint density at radius 3 is 2.76 bits per heavy atom. The normalized spacial score (nSPS) is 10.9. The summed E-state index contributed by atoms with van der Waals surface area (Å²) >= 11 is 0. The average Bonchev–Trinajstić information content (AvgIpc) is 2.77. The van der Waals surface area contributed by atoms with E-state index in [0.717, 1.165) is 0 Å². The predicted molar refractivity (Wildman–Crippen MR) is 79.5 cm³/mol. The molecule has 0 bridgehead atoms. The molecule has 0 saturated carbocycles. The van der Waals surface area contributed by atoms with Crippen LogP contribution < -0.4 is 5.32 Å². The number of carbonyl (C=O) groups is 2. The maximum Gasteiger partial charge on any atom is 0.411 e. The number of fused-ring (bicyclic) bond motifs is 1. The Hall–Kier alpha value is -2.57. The van der Waals surface area contributed by atoms with E-state index in [-0.39, 0.29) is 11.9 Å². The molecule has 0 spiro atoms. The van der Waals surface area contributed by atoms with Gasteiger partial charge in [-0.2, -0.15) is 0 Å². The van der Waals surface area contributed by atoms with E-state index in [9.17, 15) is 9.59 Å². The number of hydrogen-bond donors (Lipinski definition) is 3. The number of hydrogen-bond acceptors (Lipinski definition) is 3. The zero-order chi connectivity index (χ0) is 15.6. The first-order chi connectivity index (χ1) is 9.88. The SMILES string of the molecule is CC(C)CN(C)C(=O)c1cccc2[nH]c(NC(=O)O)nc12. The lowest BCUT2D eigenvalue weighted by Gasteiger charge is -2.19. The number of benzene rings is 1. The monoisotopic (exact) mass is 290 g/mol. The summed E-state index contributed by atoms with van der Waals surface area (Å²) in [5.74, 6) is 0.327. The van der Waals surface area contributed by atoms with Crippen LogP contribution in [0.5, 0.6) is 0 Å². The Morgan fingerprint density at radius 1 is 1.43 bits per heavy atom. The van der Waals surface area contributed by atoms with E-state index in [1.165, 1.54) is 0 Å². The van der Waals surface area contributed by atoms with Gasteiger partial charge >= 0.3 is 6.09 Å². The van der Waals surface area contributed by atoms with E-state index in [0.29, 0.717) is 29.1 Å². The van der Waals surface area contributed by atoms with Crippen LogP contribution in [0.4, 0.5) is 10.7 Å². The van der Waals surface area contributed by atoms with Crippen LogP contribution in [0.3, 0.4) is 0 Å². The van der Waals surface area contributed by atoms with Crippen LogP contribution in [0, 0.1) is 5.92 Å². The van der Waals surface area contributed by atoms with Gasteiger partial charge in [0.05, 0.1) is 11.1 Å². The second kappa shape index (κ2) is 5.82. The van der Waals surface area contributed by atoms with Crippen LogP contribution in [0.25, 0.3) is 11.0 Å². The summed E-state index contributed by atoms with van der Waals surface area (Å²) in [4.78, 5) is 31.7. The Bertz CT molecular complexity index is 678. The molecule has 0 aliphatic carbocycles. The highest BCUT2D eigenvalue weighted by atomic mass is 16.4. The van der Waals surface area contributed by atoms with Gasteiger partial charge in [0.25, 0.3) is 5.91 Å². The molecule has 0 atom stereocenters. The van der Waals surface area contributed by atoms with Crippen molar-refractivity contribution in [2.45, 2.75) is 13.8 Å². The number of para-hydroxylation sites is 1. The molecule has 0 aliphatic rings. The number of aromatic nitrogens is 2. The van der Waals surface area contributed by atoms with Crippen molar-refractivity contribution in [3.63, 3.8) is 0 Å². The first-order valence-electron chi connectivity index (χ1n) is 6.62. The van der Waals surface area contributed by atoms with Gasteiger partial charge in [0.2, 0.25) is 5.95 Å². The van der Waals surface area contributed by atoms with Crippen LogP contribution in [0.2, 0.25) is 0 Å². The summed E-state index contributed by atoms with van der Waals surface area (Å²) in [6.07, 6.45) is -1.21. The average molecular weight is 290 g/mol. The van der Waals surface area contributed by atoms with Crippen molar-refractivity contribution in [2.75, 3.05) is 18.9 Å². The third kappa shape index (κ3) is 3.31. The fourth-order valence-electron chi connectivity index (χ4n) is 2.20. The van der Waals surface area contributed by atoms with E-state index in [1.807, 2.05) is 13.8 Å². The molecule has 0 saturated heterocycles. The van der Waals surface area contributed by atoms with E-state index >= 15 is 0 Å². The molecule has 1 aromatic carbocycles. The van der Waals surface area contributed by atoms with Crippen molar-refractivity contribution in [2.24, 2.45) is 5.92 Å². The van der Waals surface area contributed by atoms with Crippen LogP contribution in [0.15, 0.2) is 18.2 Å². The second-order valence-corrected chi connectivity index (χ2v) is 5.30. The molecule has 2 aromatic rings. The molecule has 3 N–H and O–H groups in total. The molecule has 1 heterocycles. The number of nitrogens with one attached hydrogen (secondary N) is 2. The molecular weight excluding hydrogens is 272 g/mol. The van der Waals surface area contributed by atoms with Gasteiger partial charge < -0.3 is 15.0 Å². The van der Waals surface area contributed by atoms with Crippen molar-refractivity contribution in [3.8, 4) is 0 Å². The third-order valence-corrected chi connectivity index (χ3v) is 2.95. The lowest BCUT2D eigenvalue weighted by atomic mass is 10.1. The lowest BCUT2D eigenvalue weighted by Crippen LogP contribution is -2.30. The first-order valence-corrected chi connectivity index (χ1v) is 6.62. The van der Waals surface area contributed by atoms with Crippen LogP contribution in [0.1, 0.15) is 24.2 Å². The minimum Gasteiger partial charge on any atom is -0.465 e. The van der Waals surface area contributed by atoms with Crippen LogP contribution in [-0.4, -0.2) is 45.6 Å². The van der Waals surface area contributed by atoms with Gasteiger partial charge in [0.15, 0.2) is 0 Å². The molecule has 2 amide bonds. The van der Waals surface area contributed by atoms with Gasteiger partial charge in [0, 0.05) is 13.6 Å². The van der Waals surface area contributed by atoms with Crippen molar-refractivity contribution in [1.82, 2.24) is 14.9 Å². The van der Waals surface area contributed by atoms with Crippen LogP contribution >= 0.6 is 0 Å². The standard InChI is InChI=1S/C14H18N4O3/c1-8(2)7-18(3)12(19)9-5-4-6-10-11(9)16-13(15-10)17-14(20)21/h4-6,8H,7H2,1-3H3,(H,20,21)(H2,15,16,17). The number of imidazole rings is 1. The van der Waals surface area contributed by atoms with Crippen molar-refractivity contribution in [1.29, 1.82) is 0 Å². The van der Waals surface area contributed by atoms with E-state index in [2.05, 4.69) is 15.3 Å². The van der Waals surface area contributed by atoms with Crippen molar-refractivity contribution < 1.29 is 14.7 Å². The summed E-state index contributed by atoms with van der Waals surface area (Å²) in [7, 11) is 1.74. The zero-order valence-corrected chi connectivity index (χ0v) is 12.2. The quantitative estimate of drug-likeness (QED) is 0.805. The second-order valence-electron chi connectivity index (χ2n) is 5.30. The highest BCUT2D eigenvalue weighted by Crippen LogP contribution is 2.20. The Labute approximate surface area is 122 Å². The fourth-order valence-corrected chi connectivity index (χ4v) is 2.20. The van der Waals surface area contributed by atoms with Crippen LogP contribution in [-0.2, 0) is 0 Å². The molecule has 0 radical (unpaired) electrons. The molecule has 21 heavy (non-hydrogen) atoms. The molecule has 7 heteroatoms. The Kier molecular flexibility index (Phi) is 4.11. The lowest BCUT2D eigenvalue weighted by molar-refractivity contribution is 0.0781. The Balaban J connectivity index is 2.37. The van der Waals surface area contributed by atoms with Gasteiger partial charge in [-0.25, -0.2) is 9.78 Å². The molecule has 1 aromatic heterocycles. The summed E-state index contributed by atoms with van der Waals surface area (Å²) in [6, 6.07) is 5.17. The van der Waals surface area contributed by atoms with Gasteiger partial charge in [-0.05, 0) is 18.1 Å². The minimum atomic E-state index is -1.21. The maximum absolute atomic E-state index is 12.5. The first kappa shape index (κ1) is 14.8. The molecule has 0 aliphatic heterocycles. The number of carboxylic acid groups (broad SMARTS) is 1. The topological polar surface area (TPSA) is 98.3 Å². The number of nitrogens with zero attached hydrogens (tertiary/aromatic N) is 2. The molecule has 7 nitrogen and oxygen atoms in total. The molecule has 112 valence electrons.